The molecule has 6 heteroatoms. The Morgan fingerprint density at radius 1 is 1.25 bits per heavy atom. The first-order valence-corrected chi connectivity index (χ1v) is 14.1. The van der Waals surface area contributed by atoms with Crippen molar-refractivity contribution in [2.45, 2.75) is 77.5 Å². The molecule has 1 rings (SSSR count). The van der Waals surface area contributed by atoms with Crippen LogP contribution in [-0.2, 0) is 30.0 Å². The van der Waals surface area contributed by atoms with Gasteiger partial charge < -0.3 is 18.6 Å². The van der Waals surface area contributed by atoms with Gasteiger partial charge in [0.2, 0.25) is 0 Å². The zero-order valence-electron chi connectivity index (χ0n) is 20.6. The van der Waals surface area contributed by atoms with Crippen molar-refractivity contribution >= 4 is 14.3 Å². The summed E-state index contributed by atoms with van der Waals surface area (Å²) in [5, 5.41) is 0.0533. The standard InChI is InChI=1S/C26H40O5Si/c1-9-14-21(3)25(23(10-2)31-32(7,8)26(4,5)6)29-18-17-24(27)30-20-28-19-22-15-12-11-13-16-22/h1,10-13,15-16,21,23,25H,2,14,17-20H2,3-8H3/t21-,23-,25+/m1/s1. The fourth-order valence-electron chi connectivity index (χ4n) is 2.84. The second-order valence-corrected chi connectivity index (χ2v) is 14.3. The average Bonchev–Trinajstić information content (AvgIpc) is 2.73. The largest absolute Gasteiger partial charge is 0.438 e. The van der Waals surface area contributed by atoms with Crippen LogP contribution in [0.2, 0.25) is 18.1 Å². The molecule has 32 heavy (non-hydrogen) atoms. The van der Waals surface area contributed by atoms with Crippen LogP contribution in [0.1, 0.15) is 46.1 Å². The van der Waals surface area contributed by atoms with Gasteiger partial charge in [-0.25, -0.2) is 0 Å². The van der Waals surface area contributed by atoms with Crippen LogP contribution in [0.15, 0.2) is 43.0 Å². The Labute approximate surface area is 195 Å². The SMILES string of the molecule is C#CC[C@@H](C)[C@H](OCCC(=O)OCOCc1ccccc1)[C@@H](C=C)O[Si](C)(C)C(C)(C)C. The highest BCUT2D eigenvalue weighted by Crippen LogP contribution is 2.38. The molecule has 0 heterocycles. The van der Waals surface area contributed by atoms with Crippen molar-refractivity contribution in [2.75, 3.05) is 13.4 Å². The van der Waals surface area contributed by atoms with E-state index < -0.39 is 8.32 Å². The maximum atomic E-state index is 12.1. The third-order valence-corrected chi connectivity index (χ3v) is 10.3. The molecular weight excluding hydrogens is 420 g/mol. The highest BCUT2D eigenvalue weighted by molar-refractivity contribution is 6.74. The van der Waals surface area contributed by atoms with Crippen LogP contribution in [0.5, 0.6) is 0 Å². The van der Waals surface area contributed by atoms with Crippen molar-refractivity contribution in [1.82, 2.24) is 0 Å². The Balaban J connectivity index is 2.56. The molecule has 0 aliphatic rings. The van der Waals surface area contributed by atoms with Crippen molar-refractivity contribution in [3.63, 3.8) is 0 Å². The molecule has 0 aliphatic carbocycles. The monoisotopic (exact) mass is 460 g/mol. The molecule has 0 saturated carbocycles. The minimum absolute atomic E-state index is 0.0533. The van der Waals surface area contributed by atoms with Crippen LogP contribution in [-0.4, -0.2) is 39.9 Å². The van der Waals surface area contributed by atoms with Crippen LogP contribution in [0, 0.1) is 18.3 Å². The highest BCUT2D eigenvalue weighted by atomic mass is 28.4. The molecule has 1 aromatic rings. The number of carbonyl (C=O) groups is 1. The van der Waals surface area contributed by atoms with E-state index in [2.05, 4.69) is 46.4 Å². The van der Waals surface area contributed by atoms with E-state index >= 15 is 0 Å². The van der Waals surface area contributed by atoms with Gasteiger partial charge in [0.05, 0.1) is 31.8 Å². The van der Waals surface area contributed by atoms with Gasteiger partial charge in [-0.15, -0.1) is 18.9 Å². The molecule has 0 amide bonds. The number of carbonyl (C=O) groups excluding carboxylic acids is 1. The fraction of sp³-hybridized carbons (Fsp3) is 0.577. The smallest absolute Gasteiger partial charge is 0.310 e. The third-order valence-electron chi connectivity index (χ3n) is 5.82. The molecule has 0 unspecified atom stereocenters. The van der Waals surface area contributed by atoms with Crippen molar-refractivity contribution in [3.8, 4) is 12.3 Å². The van der Waals surface area contributed by atoms with E-state index in [0.29, 0.717) is 13.0 Å². The second-order valence-electron chi connectivity index (χ2n) is 9.52. The molecule has 0 aliphatic heterocycles. The lowest BCUT2D eigenvalue weighted by atomic mass is 9.96. The number of ether oxygens (including phenoxy) is 3. The lowest BCUT2D eigenvalue weighted by Gasteiger charge is -2.41. The lowest BCUT2D eigenvalue weighted by Crippen LogP contribution is -2.48. The first-order chi connectivity index (χ1) is 15.0. The number of esters is 1. The van der Waals surface area contributed by atoms with E-state index in [1.54, 1.807) is 6.08 Å². The predicted molar refractivity (Wildman–Crippen MR) is 131 cm³/mol. The first-order valence-electron chi connectivity index (χ1n) is 11.1. The summed E-state index contributed by atoms with van der Waals surface area (Å²) in [6.07, 6.45) is 7.41. The normalized spacial score (nSPS) is 14.8. The Hall–Kier alpha value is -1.91. The molecule has 0 saturated heterocycles. The Morgan fingerprint density at radius 2 is 1.91 bits per heavy atom. The van der Waals surface area contributed by atoms with Crippen molar-refractivity contribution in [3.05, 3.63) is 48.6 Å². The lowest BCUT2D eigenvalue weighted by molar-refractivity contribution is -0.159. The van der Waals surface area contributed by atoms with E-state index in [9.17, 15) is 4.79 Å². The van der Waals surface area contributed by atoms with E-state index in [4.69, 9.17) is 25.1 Å². The summed E-state index contributed by atoms with van der Waals surface area (Å²) in [5.41, 5.74) is 1.02. The van der Waals surface area contributed by atoms with Gasteiger partial charge in [0.25, 0.3) is 0 Å². The van der Waals surface area contributed by atoms with Crippen LogP contribution < -0.4 is 0 Å². The summed E-state index contributed by atoms with van der Waals surface area (Å²) in [6, 6.07) is 9.72. The summed E-state index contributed by atoms with van der Waals surface area (Å²) < 4.78 is 23.2. The number of hydrogen-bond acceptors (Lipinski definition) is 5. The van der Waals surface area contributed by atoms with E-state index in [1.165, 1.54) is 0 Å². The summed E-state index contributed by atoms with van der Waals surface area (Å²) >= 11 is 0. The summed E-state index contributed by atoms with van der Waals surface area (Å²) in [4.78, 5) is 12.1. The summed E-state index contributed by atoms with van der Waals surface area (Å²) in [6.45, 7) is 17.5. The van der Waals surface area contributed by atoms with E-state index in [-0.39, 0.29) is 49.0 Å². The number of terminal acetylenes is 1. The molecule has 3 atom stereocenters. The quantitative estimate of drug-likeness (QED) is 0.0888. The summed E-state index contributed by atoms with van der Waals surface area (Å²) in [7, 11) is -2.04. The van der Waals surface area contributed by atoms with Gasteiger partial charge in [0.1, 0.15) is 0 Å². The van der Waals surface area contributed by atoms with Gasteiger partial charge >= 0.3 is 5.97 Å². The second kappa shape index (κ2) is 13.6. The Bertz CT molecular complexity index is 733. The van der Waals surface area contributed by atoms with Crippen LogP contribution in [0.3, 0.4) is 0 Å². The molecule has 0 aromatic heterocycles. The van der Waals surface area contributed by atoms with Gasteiger partial charge in [-0.2, -0.15) is 0 Å². The minimum atomic E-state index is -2.04. The highest BCUT2D eigenvalue weighted by Gasteiger charge is 2.41. The maximum Gasteiger partial charge on any atom is 0.310 e. The molecule has 0 radical (unpaired) electrons. The molecule has 5 nitrogen and oxygen atoms in total. The van der Waals surface area contributed by atoms with Crippen LogP contribution in [0.4, 0.5) is 0 Å². The number of benzene rings is 1. The molecule has 178 valence electrons. The number of rotatable bonds is 14. The van der Waals surface area contributed by atoms with Gasteiger partial charge in [-0.05, 0) is 29.6 Å². The van der Waals surface area contributed by atoms with Crippen molar-refractivity contribution < 1.29 is 23.4 Å². The zero-order chi connectivity index (χ0) is 24.2. The van der Waals surface area contributed by atoms with E-state index in [0.717, 1.165) is 5.56 Å². The van der Waals surface area contributed by atoms with Gasteiger partial charge in [-0.1, -0.05) is 64.1 Å². The summed E-state index contributed by atoms with van der Waals surface area (Å²) in [5.74, 6) is 2.38. The molecule has 1 aromatic carbocycles. The van der Waals surface area contributed by atoms with Gasteiger partial charge in [-0.3, -0.25) is 4.79 Å². The van der Waals surface area contributed by atoms with E-state index in [1.807, 2.05) is 37.3 Å². The van der Waals surface area contributed by atoms with Crippen LogP contribution >= 0.6 is 0 Å². The first kappa shape index (κ1) is 28.1. The minimum Gasteiger partial charge on any atom is -0.438 e. The maximum absolute atomic E-state index is 12.1. The van der Waals surface area contributed by atoms with Crippen molar-refractivity contribution in [1.29, 1.82) is 0 Å². The van der Waals surface area contributed by atoms with Crippen molar-refractivity contribution in [2.24, 2.45) is 5.92 Å². The van der Waals surface area contributed by atoms with Crippen LogP contribution in [0.25, 0.3) is 0 Å². The Morgan fingerprint density at radius 3 is 2.47 bits per heavy atom. The van der Waals surface area contributed by atoms with Gasteiger partial charge in [0, 0.05) is 6.42 Å². The molecule has 0 fully saturated rings. The van der Waals surface area contributed by atoms with Gasteiger partial charge in [0.15, 0.2) is 15.1 Å². The molecular formula is C26H40O5Si. The molecule has 0 N–H and O–H groups in total. The fourth-order valence-corrected chi connectivity index (χ4v) is 4.11. The average molecular weight is 461 g/mol. The molecule has 0 spiro atoms. The topological polar surface area (TPSA) is 54.0 Å². The third kappa shape index (κ3) is 9.70. The molecule has 0 bridgehead atoms. The number of hydrogen-bond donors (Lipinski definition) is 0. The Kier molecular flexibility index (Phi) is 11.9. The predicted octanol–water partition coefficient (Wildman–Crippen LogP) is 5.72. The zero-order valence-corrected chi connectivity index (χ0v) is 21.6.